The van der Waals surface area contributed by atoms with Crippen LogP contribution in [0.3, 0.4) is 0 Å². The second kappa shape index (κ2) is 29.5. The number of ether oxygens (including phenoxy) is 1. The summed E-state index contributed by atoms with van der Waals surface area (Å²) in [6.07, 6.45) is 6.17. The van der Waals surface area contributed by atoms with E-state index in [1.54, 1.807) is 60.7 Å². The molecule has 0 saturated carbocycles. The van der Waals surface area contributed by atoms with Gasteiger partial charge in [0.25, 0.3) is 0 Å². The monoisotopic (exact) mass is 997 g/mol. The number of Topliss-reactive ketones (excluding diaryl/α,β-unsaturated/α-hetero) is 2. The van der Waals surface area contributed by atoms with Gasteiger partial charge in [0, 0.05) is 52.9 Å². The summed E-state index contributed by atoms with van der Waals surface area (Å²) in [6, 6.07) is 22.0. The molecule has 4 rings (SSSR count). The Balaban J connectivity index is 0.00000102. The summed E-state index contributed by atoms with van der Waals surface area (Å²) in [5.74, 6) is -2.95. The number of nitrogens with one attached hydrogen (secondary N) is 2. The smallest absolute Gasteiger partial charge is 0.506 e. The van der Waals surface area contributed by atoms with Gasteiger partial charge >= 0.3 is 1.43 Å². The Hall–Kier alpha value is -6.05. The van der Waals surface area contributed by atoms with Gasteiger partial charge in [0.05, 0.1) is 9.79 Å². The van der Waals surface area contributed by atoms with Crippen LogP contribution in [-0.4, -0.2) is 70.2 Å². The maximum absolute atomic E-state index is 12.2. The van der Waals surface area contributed by atoms with Crippen LogP contribution < -0.4 is 26.6 Å². The molecule has 0 saturated heterocycles. The fourth-order valence-electron chi connectivity index (χ4n) is 5.04. The van der Waals surface area contributed by atoms with Crippen LogP contribution in [0.25, 0.3) is 0 Å². The van der Waals surface area contributed by atoms with Crippen LogP contribution in [0.2, 0.25) is 0 Å². The topological polar surface area (TPSA) is 338 Å². The average Bonchev–Trinajstić information content (AvgIpc) is 3.25. The van der Waals surface area contributed by atoms with E-state index in [0.717, 1.165) is 82.3 Å². The Kier molecular flexibility index (Phi) is 25.9. The molecule has 23 heteroatoms. The number of carbonyl (C=O) groups is 4. The molecule has 10 N–H and O–H groups in total. The second-order valence-corrected chi connectivity index (χ2v) is 17.0. The van der Waals surface area contributed by atoms with E-state index in [1.807, 2.05) is 0 Å². The first-order valence-corrected chi connectivity index (χ1v) is 23.1. The van der Waals surface area contributed by atoms with Crippen LogP contribution in [0.5, 0.6) is 11.5 Å². The van der Waals surface area contributed by atoms with Gasteiger partial charge in [-0.15, -0.1) is 12.1 Å². The van der Waals surface area contributed by atoms with Crippen molar-refractivity contribution >= 4 is 66.2 Å². The maximum Gasteiger partial charge on any atom is 1.00 e. The zero-order chi connectivity index (χ0) is 48.6. The molecule has 361 valence electrons. The minimum absolute atomic E-state index is 0. The van der Waals surface area contributed by atoms with E-state index >= 15 is 0 Å². The first kappa shape index (κ1) is 58.0. The summed E-state index contributed by atoms with van der Waals surface area (Å²) < 4.78 is 51.0. The molecule has 0 aliphatic rings. The summed E-state index contributed by atoms with van der Waals surface area (Å²) in [6.45, 7) is 9.23. The van der Waals surface area contributed by atoms with E-state index < -0.39 is 67.0 Å². The third-order valence-electron chi connectivity index (χ3n) is 8.62. The SMILES string of the molecule is CC(=O)[C-](N=Nc1cc(S(N)(=O)=O)ccc1O)C(=O)Nc1ccccc1.CC(=O)[C-](N=Nc1cc(S(N)(=O)=O)ccc1O)C(=O)Nc1ccccc1.CCCCC(CC)COCCCN.[Co].[H+]. The van der Waals surface area contributed by atoms with Crippen LogP contribution in [0.4, 0.5) is 22.7 Å². The van der Waals surface area contributed by atoms with Gasteiger partial charge in [-0.3, -0.25) is 0 Å². The van der Waals surface area contributed by atoms with Crippen molar-refractivity contribution in [2.75, 3.05) is 30.4 Å². The van der Waals surface area contributed by atoms with E-state index in [4.69, 9.17) is 20.7 Å². The van der Waals surface area contributed by atoms with E-state index in [1.165, 1.54) is 25.7 Å². The normalized spacial score (nSPS) is 11.5. The number of benzene rings is 4. The Morgan fingerprint density at radius 3 is 1.44 bits per heavy atom. The van der Waals surface area contributed by atoms with Crippen molar-refractivity contribution in [2.24, 2.45) is 42.4 Å². The second-order valence-electron chi connectivity index (χ2n) is 13.9. The molecule has 66 heavy (non-hydrogen) atoms. The van der Waals surface area contributed by atoms with Crippen LogP contribution in [0.15, 0.2) is 127 Å². The third kappa shape index (κ3) is 21.3. The largest absolute Gasteiger partial charge is 1.00 e. The van der Waals surface area contributed by atoms with Gasteiger partial charge in [0.2, 0.25) is 20.0 Å². The van der Waals surface area contributed by atoms with Crippen molar-refractivity contribution in [3.63, 3.8) is 0 Å². The van der Waals surface area contributed by atoms with E-state index in [2.05, 4.69) is 44.9 Å². The number of nitrogens with zero attached hydrogens (tertiary/aromatic N) is 4. The molecule has 0 fully saturated rings. The standard InChI is InChI=1S/2C16H15N4O5S.C11H25NO.Co/c2*1-10(21)15(16(23)18-11-5-3-2-4-6-11)20-19-13-9-12(26(17,24)25)7-8-14(13)22;1-3-5-7-11(4-2)10-13-9-6-8-12;/h2*2-9,22H,1H3,(H,18,23)(H2,17,24,25);11H,3-10,12H2,1-2H3;/q2*-1;;/p+1. The van der Waals surface area contributed by atoms with Gasteiger partial charge < -0.3 is 60.7 Å². The molecule has 2 amide bonds. The number of para-hydroxylation sites is 2. The predicted octanol–water partition coefficient (Wildman–Crippen LogP) is 6.44. The van der Waals surface area contributed by atoms with Gasteiger partial charge in [-0.05, 0) is 99.8 Å². The molecule has 0 bridgehead atoms. The average molecular weight is 998 g/mol. The van der Waals surface area contributed by atoms with Crippen molar-refractivity contribution in [2.45, 2.75) is 69.6 Å². The summed E-state index contributed by atoms with van der Waals surface area (Å²) in [5.41, 5.74) is 5.75. The number of unbranched alkanes of at least 4 members (excludes halogenated alkanes) is 1. The van der Waals surface area contributed by atoms with Gasteiger partial charge in [0.15, 0.2) is 0 Å². The molecule has 1 atom stereocenters. The number of hydrogen-bond donors (Lipinski definition) is 7. The Bertz CT molecular complexity index is 2310. The van der Waals surface area contributed by atoms with E-state index in [9.17, 15) is 46.2 Å². The first-order chi connectivity index (χ1) is 30.7. The number of anilines is 2. The van der Waals surface area contributed by atoms with Crippen molar-refractivity contribution in [1.82, 2.24) is 0 Å². The Morgan fingerprint density at radius 2 is 1.11 bits per heavy atom. The fourth-order valence-corrected chi connectivity index (χ4v) is 6.10. The number of carbonyl (C=O) groups excluding carboxylic acids is 4. The number of nitrogens with two attached hydrogens (primary N) is 3. The number of aromatic hydroxyl groups is 2. The fraction of sp³-hybridized carbons (Fsp3) is 0.302. The van der Waals surface area contributed by atoms with Crippen molar-refractivity contribution in [3.8, 4) is 11.5 Å². The third-order valence-corrected chi connectivity index (χ3v) is 10.4. The number of sulfonamides is 2. The molecular weight excluding hydrogens is 942 g/mol. The number of phenols is 2. The summed E-state index contributed by atoms with van der Waals surface area (Å²) in [7, 11) is -8.04. The van der Waals surface area contributed by atoms with Crippen LogP contribution >= 0.6 is 0 Å². The molecule has 0 aliphatic carbocycles. The molecule has 20 nitrogen and oxygen atoms in total. The molecule has 0 aliphatic heterocycles. The van der Waals surface area contributed by atoms with Gasteiger partial charge in [-0.2, -0.15) is 10.2 Å². The number of azo groups is 2. The molecule has 0 aromatic heterocycles. The number of ketones is 2. The summed E-state index contributed by atoms with van der Waals surface area (Å²) in [5, 5.41) is 48.8. The van der Waals surface area contributed by atoms with Gasteiger partial charge in [-0.1, -0.05) is 69.5 Å². The molecule has 1 unspecified atom stereocenters. The number of primary sulfonamides is 2. The maximum atomic E-state index is 12.2. The van der Waals surface area contributed by atoms with Crippen LogP contribution in [-0.2, 0) is 60.7 Å². The summed E-state index contributed by atoms with van der Waals surface area (Å²) >= 11 is 0. The van der Waals surface area contributed by atoms with Crippen molar-refractivity contribution in [1.29, 1.82) is 0 Å². The predicted molar refractivity (Wildman–Crippen MR) is 245 cm³/mol. The number of phenolic OH excluding ortho intramolecular Hbond substituents is 2. The Labute approximate surface area is 396 Å². The minimum atomic E-state index is -4.02. The summed E-state index contributed by atoms with van der Waals surface area (Å²) in [4.78, 5) is 47.1. The van der Waals surface area contributed by atoms with Crippen LogP contribution in [0.1, 0.15) is 61.2 Å². The number of rotatable bonds is 21. The van der Waals surface area contributed by atoms with Crippen LogP contribution in [0, 0.1) is 18.0 Å². The first-order valence-electron chi connectivity index (χ1n) is 20.0. The molecule has 4 aromatic carbocycles. The quantitative estimate of drug-likeness (QED) is 0.0205. The van der Waals surface area contributed by atoms with E-state index in [0.29, 0.717) is 11.4 Å². The van der Waals surface area contributed by atoms with Gasteiger partial charge in [-0.25, -0.2) is 27.1 Å². The van der Waals surface area contributed by atoms with Gasteiger partial charge in [0.1, 0.15) is 34.7 Å². The molecule has 0 heterocycles. The molecular formula is C43H56CoN9O11S2-. The number of hydrogen-bond acceptors (Lipinski definition) is 16. The zero-order valence-electron chi connectivity index (χ0n) is 37.7. The van der Waals surface area contributed by atoms with Crippen molar-refractivity contribution in [3.05, 3.63) is 109 Å². The molecule has 4 aromatic rings. The van der Waals surface area contributed by atoms with Crippen molar-refractivity contribution < 1.29 is 69.2 Å². The van der Waals surface area contributed by atoms with E-state index in [-0.39, 0.29) is 39.4 Å². The Morgan fingerprint density at radius 1 is 0.697 bits per heavy atom. The number of amides is 2. The minimum Gasteiger partial charge on any atom is -0.506 e. The molecule has 1 radical (unpaired) electrons. The zero-order valence-corrected chi connectivity index (χ0v) is 39.4. The molecule has 0 spiro atoms.